The van der Waals surface area contributed by atoms with Crippen molar-refractivity contribution in [1.82, 2.24) is 0 Å². The molecule has 52 heavy (non-hydrogen) atoms. The van der Waals surface area contributed by atoms with Gasteiger partial charge in [-0.05, 0) is 92.1 Å². The molecule has 0 aliphatic carbocycles. The number of nitrogens with one attached hydrogen (secondary N) is 4. The molecule has 0 amide bonds. The van der Waals surface area contributed by atoms with Crippen LogP contribution in [0.1, 0.15) is 36.1 Å². The van der Waals surface area contributed by atoms with Crippen molar-refractivity contribution in [1.29, 1.82) is 16.5 Å². The molecule has 0 aliphatic rings. The fourth-order valence-corrected chi connectivity index (χ4v) is 4.53. The maximum Gasteiger partial charge on any atom is 0.133 e. The van der Waals surface area contributed by atoms with Crippen LogP contribution in [0.3, 0.4) is 0 Å². The highest BCUT2D eigenvalue weighted by Gasteiger charge is 2.13. The van der Waals surface area contributed by atoms with Crippen LogP contribution in [0, 0.1) is 30.3 Å². The van der Waals surface area contributed by atoms with E-state index in [1.165, 1.54) is 34.7 Å². The number of benzene rings is 5. The van der Waals surface area contributed by atoms with Gasteiger partial charge in [0.1, 0.15) is 5.84 Å². The highest BCUT2D eigenvalue weighted by Crippen LogP contribution is 2.26. The average Bonchev–Trinajstić information content (AvgIpc) is 3.18. The van der Waals surface area contributed by atoms with E-state index in [0.717, 1.165) is 39.5 Å². The Kier molecular flexibility index (Phi) is 22.0. The smallest absolute Gasteiger partial charge is 0.133 e. The van der Waals surface area contributed by atoms with Crippen molar-refractivity contribution in [3.63, 3.8) is 0 Å². The summed E-state index contributed by atoms with van der Waals surface area (Å²) in [6.07, 6.45) is 7.90. The number of rotatable bonds is 8. The van der Waals surface area contributed by atoms with Gasteiger partial charge in [-0.3, -0.25) is 4.99 Å². The number of anilines is 2. The van der Waals surface area contributed by atoms with E-state index in [-0.39, 0.29) is 0 Å². The minimum atomic E-state index is 0.662. The topological polar surface area (TPSA) is 148 Å². The monoisotopic (exact) mass is 691 g/mol. The second-order valence-electron chi connectivity index (χ2n) is 11.1. The zero-order chi connectivity index (χ0) is 38.6. The van der Waals surface area contributed by atoms with E-state index in [4.69, 9.17) is 32.9 Å². The molecule has 7 heteroatoms. The zero-order valence-corrected chi connectivity index (χ0v) is 30.8. The normalized spacial score (nSPS) is 10.5. The highest BCUT2D eigenvalue weighted by atomic mass is 15.0. The first-order chi connectivity index (χ1) is 25.3. The largest absolute Gasteiger partial charge is 0.405 e. The Labute approximate surface area is 310 Å². The first kappa shape index (κ1) is 43.4. The van der Waals surface area contributed by atoms with E-state index in [2.05, 4.69) is 99.1 Å². The van der Waals surface area contributed by atoms with Crippen LogP contribution in [-0.2, 0) is 0 Å². The van der Waals surface area contributed by atoms with E-state index >= 15 is 0 Å². The number of nitrogen functional groups attached to an aromatic ring is 1. The predicted octanol–water partition coefficient (Wildman–Crippen LogP) is 11.7. The molecule has 0 bridgehead atoms. The fourth-order valence-electron chi connectivity index (χ4n) is 4.53. The summed E-state index contributed by atoms with van der Waals surface area (Å²) in [5, 5.41) is 11.2. The molecule has 0 atom stereocenters. The van der Waals surface area contributed by atoms with Crippen LogP contribution in [0.15, 0.2) is 182 Å². The van der Waals surface area contributed by atoms with Crippen molar-refractivity contribution in [2.75, 3.05) is 17.6 Å². The van der Waals surface area contributed by atoms with Gasteiger partial charge in [-0.1, -0.05) is 146 Å². The molecular weight excluding hydrogens is 639 g/mol. The van der Waals surface area contributed by atoms with Crippen molar-refractivity contribution >= 4 is 29.0 Å². The van der Waals surface area contributed by atoms with Crippen molar-refractivity contribution in [2.45, 2.75) is 27.7 Å². The van der Waals surface area contributed by atoms with Crippen LogP contribution in [0.25, 0.3) is 16.7 Å². The van der Waals surface area contributed by atoms with Gasteiger partial charge in [0.05, 0.1) is 0 Å². The van der Waals surface area contributed by atoms with Crippen LogP contribution < -0.4 is 16.8 Å². The molecule has 5 rings (SSSR count). The van der Waals surface area contributed by atoms with Gasteiger partial charge in [-0.25, -0.2) is 11.1 Å². The summed E-state index contributed by atoms with van der Waals surface area (Å²) >= 11 is 0. The maximum absolute atomic E-state index is 7.66. The molecule has 0 aromatic heterocycles. The third-order valence-electron chi connectivity index (χ3n) is 7.15. The van der Waals surface area contributed by atoms with Crippen molar-refractivity contribution in [3.8, 4) is 11.1 Å². The molecular formula is C45H53N7. The van der Waals surface area contributed by atoms with Gasteiger partial charge in [-0.2, -0.15) is 0 Å². The summed E-state index contributed by atoms with van der Waals surface area (Å²) in [6.45, 7) is 16.1. The van der Waals surface area contributed by atoms with E-state index in [9.17, 15) is 0 Å². The second-order valence-corrected chi connectivity index (χ2v) is 11.1. The number of aliphatic imine (C=N–C) groups is 1. The summed E-state index contributed by atoms with van der Waals surface area (Å²) in [5.41, 5.74) is 30.8. The van der Waals surface area contributed by atoms with E-state index < -0.39 is 0 Å². The third kappa shape index (κ3) is 16.2. The van der Waals surface area contributed by atoms with Gasteiger partial charge in [0.2, 0.25) is 0 Å². The summed E-state index contributed by atoms with van der Waals surface area (Å²) in [5.74, 6) is 0.804. The van der Waals surface area contributed by atoms with Gasteiger partial charge in [0.15, 0.2) is 0 Å². The molecule has 7 nitrogen and oxygen atoms in total. The number of hydrogen-bond acceptors (Lipinski definition) is 6. The van der Waals surface area contributed by atoms with Gasteiger partial charge in [-0.15, -0.1) is 0 Å². The number of para-hydroxylation sites is 1. The van der Waals surface area contributed by atoms with Crippen molar-refractivity contribution < 1.29 is 0 Å². The molecule has 268 valence electrons. The molecule has 0 spiro atoms. The predicted molar refractivity (Wildman–Crippen MR) is 226 cm³/mol. The van der Waals surface area contributed by atoms with Gasteiger partial charge in [0.25, 0.3) is 0 Å². The fraction of sp³-hybridized carbons (Fsp3) is 0.111. The Bertz CT molecular complexity index is 1800. The number of allylic oxidation sites excluding steroid dienone is 5. The average molecular weight is 692 g/mol. The SMILES string of the molecule is C=C/C(=C(/C)C=N)c1ccccc1C(=NCC)Nc1ccc(-c2ccc(C)cc2)cc1.C=C/C=C\N.Cc1ccccc1.N=N.Nc1ccccc1. The number of nitrogens with zero attached hydrogens (tertiary/aromatic N) is 1. The Balaban J connectivity index is 0.000000517. The molecule has 5 aromatic rings. The number of hydrogen-bond donors (Lipinski definition) is 6. The molecule has 0 heterocycles. The number of nitrogens with two attached hydrogens (primary N) is 2. The summed E-state index contributed by atoms with van der Waals surface area (Å²) in [4.78, 5) is 4.73. The number of aryl methyl sites for hydroxylation is 2. The first-order valence-corrected chi connectivity index (χ1v) is 16.8. The maximum atomic E-state index is 7.66. The lowest BCUT2D eigenvalue weighted by molar-refractivity contribution is 1.05. The van der Waals surface area contributed by atoms with E-state index in [1.807, 2.05) is 80.6 Å². The van der Waals surface area contributed by atoms with Gasteiger partial charge >= 0.3 is 0 Å². The van der Waals surface area contributed by atoms with Crippen molar-refractivity contribution in [3.05, 3.63) is 199 Å². The minimum absolute atomic E-state index is 0.662. The highest BCUT2D eigenvalue weighted by molar-refractivity contribution is 6.12. The lowest BCUT2D eigenvalue weighted by Gasteiger charge is -2.16. The molecule has 0 aliphatic heterocycles. The third-order valence-corrected chi connectivity index (χ3v) is 7.15. The Morgan fingerprint density at radius 1 is 0.712 bits per heavy atom. The summed E-state index contributed by atoms with van der Waals surface area (Å²) < 4.78 is 0. The van der Waals surface area contributed by atoms with Crippen LogP contribution in [0.4, 0.5) is 11.4 Å². The van der Waals surface area contributed by atoms with Crippen LogP contribution >= 0.6 is 0 Å². The quantitative estimate of drug-likeness (QED) is 0.0316. The minimum Gasteiger partial charge on any atom is -0.405 e. The molecule has 0 saturated heterocycles. The lowest BCUT2D eigenvalue weighted by atomic mass is 9.95. The molecule has 8 N–H and O–H groups in total. The first-order valence-electron chi connectivity index (χ1n) is 16.8. The number of amidine groups is 1. The molecule has 0 radical (unpaired) electrons. The van der Waals surface area contributed by atoms with E-state index in [0.29, 0.717) is 6.54 Å². The Morgan fingerprint density at radius 3 is 1.58 bits per heavy atom. The molecule has 0 fully saturated rings. The van der Waals surface area contributed by atoms with Crippen molar-refractivity contribution in [2.24, 2.45) is 10.7 Å². The summed E-state index contributed by atoms with van der Waals surface area (Å²) in [7, 11) is 0. The zero-order valence-electron chi connectivity index (χ0n) is 30.8. The lowest BCUT2D eigenvalue weighted by Crippen LogP contribution is -2.16. The standard InChI is InChI=1S/C28H29N3.C7H8.C6H7N.C4H7N.H2N2/c1-5-25(21(4)19-29)26-9-7-8-10-27(26)28(30-6-2)31-24-17-15-23(16-18-24)22-13-11-20(3)12-14-22;1-7-5-3-2-4-6-7;7-6-4-2-1-3-5-6;1-2-3-4-5;1-2/h5,7-19,29H,1,6H2,2-4H3,(H,30,31);2-6H,1H3;1-5H,7H2;2-4H,1,5H2;1-2H/b25-21+,29-19?;;;4-3-;. The summed E-state index contributed by atoms with van der Waals surface area (Å²) in [6, 6.07) is 44.8. The van der Waals surface area contributed by atoms with Gasteiger partial charge in [0, 0.05) is 29.7 Å². The Morgan fingerprint density at radius 2 is 1.19 bits per heavy atom. The Hall–Kier alpha value is -6.60. The molecule has 0 saturated carbocycles. The van der Waals surface area contributed by atoms with Crippen LogP contribution in [0.5, 0.6) is 0 Å². The van der Waals surface area contributed by atoms with Crippen LogP contribution in [-0.4, -0.2) is 18.6 Å². The second kappa shape index (κ2) is 26.3. The van der Waals surface area contributed by atoms with E-state index in [1.54, 1.807) is 18.2 Å². The van der Waals surface area contributed by atoms with Crippen LogP contribution in [0.2, 0.25) is 0 Å². The molecule has 0 unspecified atom stereocenters. The van der Waals surface area contributed by atoms with Gasteiger partial charge < -0.3 is 22.2 Å². The molecule has 5 aromatic carbocycles.